The molecule has 0 saturated carbocycles. The van der Waals surface area contributed by atoms with E-state index in [4.69, 9.17) is 9.47 Å². The van der Waals surface area contributed by atoms with E-state index < -0.39 is 0 Å². The molecule has 5 rings (SSSR count). The molecule has 0 fully saturated rings. The van der Waals surface area contributed by atoms with Crippen molar-refractivity contribution in [2.45, 2.75) is 13.1 Å². The van der Waals surface area contributed by atoms with Gasteiger partial charge in [-0.2, -0.15) is 0 Å². The lowest BCUT2D eigenvalue weighted by molar-refractivity contribution is 0.216. The lowest BCUT2D eigenvalue weighted by Gasteiger charge is -2.20. The lowest BCUT2D eigenvalue weighted by Crippen LogP contribution is -2.25. The maximum absolute atomic E-state index is 13.6. The molecule has 2 heterocycles. The van der Waals surface area contributed by atoms with Crippen LogP contribution in [-0.4, -0.2) is 30.1 Å². The molecule has 1 aromatic heterocycles. The van der Waals surface area contributed by atoms with Gasteiger partial charge in [0.1, 0.15) is 12.4 Å². The molecule has 4 aromatic rings. The Kier molecular flexibility index (Phi) is 5.26. The standard InChI is InChI=1S/C26H23FN2O2/c1-30-25-14-20(21-12-19-6-2-3-8-24(19)28-15-21)13-22-17-29(9-10-31-26(22)25)16-18-5-4-7-23(27)11-18/h2-8,11-15H,9-10,16-17H2,1H3. The van der Waals surface area contributed by atoms with Crippen LogP contribution in [0.5, 0.6) is 11.5 Å². The number of pyridine rings is 1. The molecule has 0 unspecified atom stereocenters. The van der Waals surface area contributed by atoms with Gasteiger partial charge < -0.3 is 9.47 Å². The first-order valence-electron chi connectivity index (χ1n) is 10.4. The number of rotatable bonds is 4. The fraction of sp³-hybridized carbons (Fsp3) is 0.192. The molecule has 0 atom stereocenters. The third-order valence-corrected chi connectivity index (χ3v) is 5.62. The first kappa shape index (κ1) is 19.5. The fourth-order valence-electron chi connectivity index (χ4n) is 4.11. The third-order valence-electron chi connectivity index (χ3n) is 5.62. The predicted molar refractivity (Wildman–Crippen MR) is 120 cm³/mol. The number of halogens is 1. The van der Waals surface area contributed by atoms with Gasteiger partial charge in [0, 0.05) is 42.3 Å². The topological polar surface area (TPSA) is 34.6 Å². The van der Waals surface area contributed by atoms with E-state index in [0.29, 0.717) is 25.4 Å². The molecule has 1 aliphatic rings. The van der Waals surface area contributed by atoms with Crippen LogP contribution in [0.2, 0.25) is 0 Å². The summed E-state index contributed by atoms with van der Waals surface area (Å²) in [7, 11) is 1.66. The van der Waals surface area contributed by atoms with E-state index in [9.17, 15) is 4.39 Å². The zero-order chi connectivity index (χ0) is 21.2. The zero-order valence-corrected chi connectivity index (χ0v) is 17.3. The van der Waals surface area contributed by atoms with Crippen LogP contribution >= 0.6 is 0 Å². The molecular weight excluding hydrogens is 391 g/mol. The number of para-hydroxylation sites is 1. The number of hydrogen-bond donors (Lipinski definition) is 0. The maximum atomic E-state index is 13.6. The highest BCUT2D eigenvalue weighted by molar-refractivity contribution is 5.84. The highest BCUT2D eigenvalue weighted by Gasteiger charge is 2.21. The van der Waals surface area contributed by atoms with E-state index in [0.717, 1.165) is 45.5 Å². The summed E-state index contributed by atoms with van der Waals surface area (Å²) in [4.78, 5) is 6.87. The summed E-state index contributed by atoms with van der Waals surface area (Å²) in [6.07, 6.45) is 1.89. The van der Waals surface area contributed by atoms with E-state index in [1.807, 2.05) is 36.5 Å². The van der Waals surface area contributed by atoms with Crippen LogP contribution < -0.4 is 9.47 Å². The molecule has 0 aliphatic carbocycles. The number of nitrogens with zero attached hydrogens (tertiary/aromatic N) is 2. The molecule has 156 valence electrons. The molecule has 4 nitrogen and oxygen atoms in total. The molecule has 0 amide bonds. The van der Waals surface area contributed by atoms with Crippen LogP contribution in [0.15, 0.2) is 72.9 Å². The zero-order valence-electron chi connectivity index (χ0n) is 17.3. The van der Waals surface area contributed by atoms with Crippen LogP contribution in [0.1, 0.15) is 11.1 Å². The second-order valence-corrected chi connectivity index (χ2v) is 7.77. The molecule has 3 aromatic carbocycles. The van der Waals surface area contributed by atoms with Crippen LogP contribution in [0.25, 0.3) is 22.0 Å². The summed E-state index contributed by atoms with van der Waals surface area (Å²) < 4.78 is 25.4. The summed E-state index contributed by atoms with van der Waals surface area (Å²) >= 11 is 0. The van der Waals surface area contributed by atoms with Crippen LogP contribution in [0.3, 0.4) is 0 Å². The van der Waals surface area contributed by atoms with Crippen LogP contribution in [0.4, 0.5) is 4.39 Å². The summed E-state index contributed by atoms with van der Waals surface area (Å²) in [6.45, 7) is 2.65. The van der Waals surface area contributed by atoms with Gasteiger partial charge in [-0.05, 0) is 47.5 Å². The Morgan fingerprint density at radius 3 is 2.81 bits per heavy atom. The molecule has 5 heteroatoms. The Hall–Kier alpha value is -3.44. The smallest absolute Gasteiger partial charge is 0.165 e. The second-order valence-electron chi connectivity index (χ2n) is 7.77. The summed E-state index contributed by atoms with van der Waals surface area (Å²) in [5, 5.41) is 1.10. The quantitative estimate of drug-likeness (QED) is 0.445. The van der Waals surface area contributed by atoms with Gasteiger partial charge in [-0.25, -0.2) is 4.39 Å². The lowest BCUT2D eigenvalue weighted by atomic mass is 10.0. The van der Waals surface area contributed by atoms with Gasteiger partial charge >= 0.3 is 0 Å². The van der Waals surface area contributed by atoms with Gasteiger partial charge in [-0.15, -0.1) is 0 Å². The average molecular weight is 414 g/mol. The average Bonchev–Trinajstić information content (AvgIpc) is 2.99. The van der Waals surface area contributed by atoms with Crippen molar-refractivity contribution in [3.8, 4) is 22.6 Å². The van der Waals surface area contributed by atoms with Crippen molar-refractivity contribution in [3.05, 3.63) is 89.9 Å². The highest BCUT2D eigenvalue weighted by Crippen LogP contribution is 2.38. The molecule has 0 N–H and O–H groups in total. The van der Waals surface area contributed by atoms with Gasteiger partial charge in [-0.3, -0.25) is 9.88 Å². The van der Waals surface area contributed by atoms with Crippen molar-refractivity contribution < 1.29 is 13.9 Å². The minimum atomic E-state index is -0.211. The summed E-state index contributed by atoms with van der Waals surface area (Å²) in [6, 6.07) is 21.1. The van der Waals surface area contributed by atoms with Crippen molar-refractivity contribution >= 4 is 10.9 Å². The second kappa shape index (κ2) is 8.36. The summed E-state index contributed by atoms with van der Waals surface area (Å²) in [5.74, 6) is 1.28. The van der Waals surface area contributed by atoms with Gasteiger partial charge in [-0.1, -0.05) is 30.3 Å². The minimum absolute atomic E-state index is 0.211. The number of benzene rings is 3. The Labute approximate surface area is 180 Å². The van der Waals surface area contributed by atoms with Gasteiger partial charge in [0.25, 0.3) is 0 Å². The molecule has 0 bridgehead atoms. The van der Waals surface area contributed by atoms with Crippen molar-refractivity contribution in [2.75, 3.05) is 20.3 Å². The molecule has 31 heavy (non-hydrogen) atoms. The molecular formula is C26H23FN2O2. The van der Waals surface area contributed by atoms with E-state index in [-0.39, 0.29) is 5.82 Å². The maximum Gasteiger partial charge on any atom is 0.165 e. The first-order chi connectivity index (χ1) is 15.2. The summed E-state index contributed by atoms with van der Waals surface area (Å²) in [5.41, 5.74) is 5.03. The highest BCUT2D eigenvalue weighted by atomic mass is 19.1. The third kappa shape index (κ3) is 4.09. The van der Waals surface area contributed by atoms with Gasteiger partial charge in [0.15, 0.2) is 11.5 Å². The van der Waals surface area contributed by atoms with E-state index in [1.165, 1.54) is 6.07 Å². The van der Waals surface area contributed by atoms with Crippen LogP contribution in [-0.2, 0) is 13.1 Å². The van der Waals surface area contributed by atoms with Crippen molar-refractivity contribution in [2.24, 2.45) is 0 Å². The van der Waals surface area contributed by atoms with Crippen molar-refractivity contribution in [1.29, 1.82) is 0 Å². The van der Waals surface area contributed by atoms with Gasteiger partial charge in [0.2, 0.25) is 0 Å². The number of hydrogen-bond acceptors (Lipinski definition) is 4. The Balaban J connectivity index is 1.50. The number of fused-ring (bicyclic) bond motifs is 2. The van der Waals surface area contributed by atoms with Crippen molar-refractivity contribution in [1.82, 2.24) is 9.88 Å². The Morgan fingerprint density at radius 2 is 1.94 bits per heavy atom. The predicted octanol–water partition coefficient (Wildman–Crippen LogP) is 5.44. The van der Waals surface area contributed by atoms with E-state index in [2.05, 4.69) is 28.1 Å². The molecule has 0 saturated heterocycles. The Bertz CT molecular complexity index is 1240. The monoisotopic (exact) mass is 414 g/mol. The fourth-order valence-corrected chi connectivity index (χ4v) is 4.11. The Morgan fingerprint density at radius 1 is 1.03 bits per heavy atom. The number of methoxy groups -OCH3 is 1. The number of ether oxygens (including phenoxy) is 2. The largest absolute Gasteiger partial charge is 0.493 e. The molecule has 0 radical (unpaired) electrons. The van der Waals surface area contributed by atoms with E-state index in [1.54, 1.807) is 19.2 Å². The number of aromatic nitrogens is 1. The molecule has 0 spiro atoms. The van der Waals surface area contributed by atoms with Gasteiger partial charge in [0.05, 0.1) is 12.6 Å². The molecule has 1 aliphatic heterocycles. The van der Waals surface area contributed by atoms with E-state index >= 15 is 0 Å². The normalized spacial score (nSPS) is 14.0. The van der Waals surface area contributed by atoms with Crippen LogP contribution in [0, 0.1) is 5.82 Å². The minimum Gasteiger partial charge on any atom is -0.493 e. The first-order valence-corrected chi connectivity index (χ1v) is 10.4. The SMILES string of the molecule is COc1cc(-c2cnc3ccccc3c2)cc2c1OCCN(Cc1cccc(F)c1)C2. The van der Waals surface area contributed by atoms with Crippen molar-refractivity contribution in [3.63, 3.8) is 0 Å².